The fourth-order valence-corrected chi connectivity index (χ4v) is 1.85. The molecule has 100 valence electrons. The molecule has 0 heteroatoms. The molecule has 0 bridgehead atoms. The van der Waals surface area contributed by atoms with Crippen LogP contribution in [0.1, 0.15) is 84.5 Å². The summed E-state index contributed by atoms with van der Waals surface area (Å²) in [6.07, 6.45) is 24.0. The first-order valence-electron chi connectivity index (χ1n) is 7.71. The van der Waals surface area contributed by atoms with Crippen molar-refractivity contribution in [3.8, 4) is 0 Å². The largest absolute Gasteiger partial charge is 0.0885 e. The van der Waals surface area contributed by atoms with E-state index < -0.39 is 0 Å². The molecule has 0 heterocycles. The van der Waals surface area contributed by atoms with E-state index >= 15 is 0 Å². The summed E-state index contributed by atoms with van der Waals surface area (Å²) in [5.74, 6) is 0. The van der Waals surface area contributed by atoms with Gasteiger partial charge in [0.1, 0.15) is 0 Å². The molecule has 0 radical (unpaired) electrons. The minimum Gasteiger partial charge on any atom is -0.0885 e. The molecule has 0 N–H and O–H groups in total. The highest BCUT2D eigenvalue weighted by Gasteiger charge is 1.86. The lowest BCUT2D eigenvalue weighted by Crippen LogP contribution is -1.76. The number of hydrogen-bond acceptors (Lipinski definition) is 0. The van der Waals surface area contributed by atoms with Crippen LogP contribution in [0.5, 0.6) is 0 Å². The molecule has 0 saturated carbocycles. The van der Waals surface area contributed by atoms with Gasteiger partial charge in [0, 0.05) is 0 Å². The Hall–Kier alpha value is -0.520. The zero-order chi connectivity index (χ0) is 12.6. The Bertz CT molecular complexity index is 176. The standard InChI is InChI=1S/C17H32/c1-3-5-7-9-11-13-15-17-16-14-12-10-8-6-4-2/h7,9,12,14H,3-6,8,10-11,13,15-17H2,1-2H3/b9-7+,14-12+. The fraction of sp³-hybridized carbons (Fsp3) is 0.765. The molecule has 0 aromatic heterocycles. The van der Waals surface area contributed by atoms with Gasteiger partial charge in [-0.3, -0.25) is 0 Å². The van der Waals surface area contributed by atoms with Gasteiger partial charge < -0.3 is 0 Å². The lowest BCUT2D eigenvalue weighted by Gasteiger charge is -1.96. The van der Waals surface area contributed by atoms with Crippen LogP contribution in [-0.4, -0.2) is 0 Å². The first-order valence-corrected chi connectivity index (χ1v) is 7.71. The number of unbranched alkanes of at least 4 members (excludes halogenated alkanes) is 8. The van der Waals surface area contributed by atoms with Gasteiger partial charge >= 0.3 is 0 Å². The van der Waals surface area contributed by atoms with Crippen molar-refractivity contribution in [1.82, 2.24) is 0 Å². The molecule has 0 saturated heterocycles. The Balaban J connectivity index is 3.07. The summed E-state index contributed by atoms with van der Waals surface area (Å²) < 4.78 is 0. The predicted molar refractivity (Wildman–Crippen MR) is 80.4 cm³/mol. The van der Waals surface area contributed by atoms with E-state index in [1.807, 2.05) is 0 Å². The van der Waals surface area contributed by atoms with Gasteiger partial charge in [0.15, 0.2) is 0 Å². The summed E-state index contributed by atoms with van der Waals surface area (Å²) in [5, 5.41) is 0. The van der Waals surface area contributed by atoms with Gasteiger partial charge in [0.25, 0.3) is 0 Å². The predicted octanol–water partition coefficient (Wildman–Crippen LogP) is 6.43. The van der Waals surface area contributed by atoms with Gasteiger partial charge in [0.05, 0.1) is 0 Å². The zero-order valence-corrected chi connectivity index (χ0v) is 12.1. The van der Waals surface area contributed by atoms with E-state index in [0.29, 0.717) is 0 Å². The van der Waals surface area contributed by atoms with Crippen molar-refractivity contribution in [2.75, 3.05) is 0 Å². The highest BCUT2D eigenvalue weighted by Crippen LogP contribution is 2.06. The van der Waals surface area contributed by atoms with Crippen LogP contribution in [0.3, 0.4) is 0 Å². The minimum absolute atomic E-state index is 1.25. The van der Waals surface area contributed by atoms with Crippen molar-refractivity contribution in [2.24, 2.45) is 0 Å². The highest BCUT2D eigenvalue weighted by atomic mass is 13.9. The molecule has 0 aliphatic carbocycles. The first-order chi connectivity index (χ1) is 8.41. The van der Waals surface area contributed by atoms with Crippen LogP contribution in [-0.2, 0) is 0 Å². The molecule has 17 heavy (non-hydrogen) atoms. The van der Waals surface area contributed by atoms with Gasteiger partial charge in [-0.15, -0.1) is 0 Å². The van der Waals surface area contributed by atoms with Gasteiger partial charge in [-0.05, 0) is 44.9 Å². The smallest absolute Gasteiger partial charge is 0.0351 e. The molecule has 0 spiro atoms. The van der Waals surface area contributed by atoms with E-state index in [1.165, 1.54) is 70.6 Å². The molecule has 0 fully saturated rings. The number of allylic oxidation sites excluding steroid dienone is 4. The van der Waals surface area contributed by atoms with E-state index in [4.69, 9.17) is 0 Å². The molecule has 0 aliphatic rings. The second-order valence-electron chi connectivity index (χ2n) is 4.87. The van der Waals surface area contributed by atoms with Gasteiger partial charge in [-0.1, -0.05) is 63.8 Å². The maximum absolute atomic E-state index is 2.38. The third-order valence-corrected chi connectivity index (χ3v) is 3.00. The summed E-state index contributed by atoms with van der Waals surface area (Å²) in [6.45, 7) is 4.50. The van der Waals surface area contributed by atoms with Gasteiger partial charge in [-0.2, -0.15) is 0 Å². The first kappa shape index (κ1) is 16.5. The molecular formula is C17H32. The van der Waals surface area contributed by atoms with Crippen LogP contribution >= 0.6 is 0 Å². The molecule has 0 amide bonds. The van der Waals surface area contributed by atoms with Crippen molar-refractivity contribution in [3.63, 3.8) is 0 Å². The lowest BCUT2D eigenvalue weighted by atomic mass is 10.1. The Morgan fingerprint density at radius 2 is 0.941 bits per heavy atom. The Morgan fingerprint density at radius 3 is 1.41 bits per heavy atom. The lowest BCUT2D eigenvalue weighted by molar-refractivity contribution is 0.691. The minimum atomic E-state index is 1.25. The molecule has 0 aromatic carbocycles. The molecule has 0 unspecified atom stereocenters. The zero-order valence-electron chi connectivity index (χ0n) is 12.1. The molecule has 0 aromatic rings. The molecule has 0 aliphatic heterocycles. The third-order valence-electron chi connectivity index (χ3n) is 3.00. The Morgan fingerprint density at radius 1 is 0.471 bits per heavy atom. The normalized spacial score (nSPS) is 11.9. The second kappa shape index (κ2) is 15.5. The quantitative estimate of drug-likeness (QED) is 0.270. The maximum Gasteiger partial charge on any atom is -0.0351 e. The summed E-state index contributed by atoms with van der Waals surface area (Å²) in [6, 6.07) is 0. The summed E-state index contributed by atoms with van der Waals surface area (Å²) in [5.41, 5.74) is 0. The van der Waals surface area contributed by atoms with E-state index in [9.17, 15) is 0 Å². The molecular weight excluding hydrogens is 204 g/mol. The van der Waals surface area contributed by atoms with Gasteiger partial charge in [-0.25, -0.2) is 0 Å². The van der Waals surface area contributed by atoms with Crippen molar-refractivity contribution in [2.45, 2.75) is 84.5 Å². The average molecular weight is 236 g/mol. The van der Waals surface area contributed by atoms with Crippen LogP contribution in [0.4, 0.5) is 0 Å². The maximum atomic E-state index is 2.38. The fourth-order valence-electron chi connectivity index (χ4n) is 1.85. The van der Waals surface area contributed by atoms with Crippen LogP contribution in [0.2, 0.25) is 0 Å². The van der Waals surface area contributed by atoms with Crippen LogP contribution < -0.4 is 0 Å². The van der Waals surface area contributed by atoms with E-state index in [0.717, 1.165) is 0 Å². The van der Waals surface area contributed by atoms with Crippen LogP contribution in [0.25, 0.3) is 0 Å². The SMILES string of the molecule is CCC/C=C/CCCCC/C=C/CCCCC. The van der Waals surface area contributed by atoms with Crippen molar-refractivity contribution in [3.05, 3.63) is 24.3 Å². The van der Waals surface area contributed by atoms with Crippen molar-refractivity contribution in [1.29, 1.82) is 0 Å². The van der Waals surface area contributed by atoms with Crippen LogP contribution in [0.15, 0.2) is 24.3 Å². The summed E-state index contributed by atoms with van der Waals surface area (Å²) >= 11 is 0. The van der Waals surface area contributed by atoms with Crippen molar-refractivity contribution < 1.29 is 0 Å². The monoisotopic (exact) mass is 236 g/mol. The molecule has 0 rings (SSSR count). The third kappa shape index (κ3) is 15.5. The van der Waals surface area contributed by atoms with E-state index in [1.54, 1.807) is 0 Å². The summed E-state index contributed by atoms with van der Waals surface area (Å²) in [4.78, 5) is 0. The highest BCUT2D eigenvalue weighted by molar-refractivity contribution is 4.82. The van der Waals surface area contributed by atoms with E-state index in [-0.39, 0.29) is 0 Å². The summed E-state index contributed by atoms with van der Waals surface area (Å²) in [7, 11) is 0. The second-order valence-corrected chi connectivity index (χ2v) is 4.87. The van der Waals surface area contributed by atoms with E-state index in [2.05, 4.69) is 38.2 Å². The number of hydrogen-bond donors (Lipinski definition) is 0. The Labute approximate surface area is 109 Å². The number of rotatable bonds is 12. The van der Waals surface area contributed by atoms with Crippen molar-refractivity contribution >= 4 is 0 Å². The molecule has 0 nitrogen and oxygen atoms in total. The molecule has 0 atom stereocenters. The Kier molecular flexibility index (Phi) is 15.0. The average Bonchev–Trinajstić information content (AvgIpc) is 2.35. The topological polar surface area (TPSA) is 0 Å². The van der Waals surface area contributed by atoms with Crippen LogP contribution in [0, 0.1) is 0 Å². The van der Waals surface area contributed by atoms with Gasteiger partial charge in [0.2, 0.25) is 0 Å².